The van der Waals surface area contributed by atoms with E-state index in [4.69, 9.17) is 0 Å². The fraction of sp³-hybridized carbons (Fsp3) is 0.167. The zero-order valence-corrected chi connectivity index (χ0v) is 9.81. The van der Waals surface area contributed by atoms with Crippen LogP contribution in [0.1, 0.15) is 5.56 Å². The van der Waals surface area contributed by atoms with Gasteiger partial charge >= 0.3 is 11.9 Å². The summed E-state index contributed by atoms with van der Waals surface area (Å²) in [5.74, 6) is 0. The summed E-state index contributed by atoms with van der Waals surface area (Å²) in [4.78, 5) is 23.1. The lowest BCUT2D eigenvalue weighted by Crippen LogP contribution is -2.36. The van der Waals surface area contributed by atoms with Gasteiger partial charge in [0, 0.05) is 19.3 Å². The number of nitrogens with zero attached hydrogens (tertiary/aromatic N) is 2. The lowest BCUT2D eigenvalue weighted by atomic mass is 10.1. The van der Waals surface area contributed by atoms with Gasteiger partial charge in [0.15, 0.2) is 0 Å². The van der Waals surface area contributed by atoms with E-state index in [0.717, 1.165) is 27.5 Å². The molecule has 0 N–H and O–H groups in total. The Morgan fingerprint density at radius 3 is 2.32 bits per heavy atom. The van der Waals surface area contributed by atoms with Crippen LogP contribution in [0.3, 0.4) is 0 Å². The molecular formula is C12H9F3N2O2. The van der Waals surface area contributed by atoms with E-state index in [2.05, 4.69) is 0 Å². The molecule has 2 aromatic rings. The molecule has 0 radical (unpaired) electrons. The number of aromatic nitrogens is 2. The van der Waals surface area contributed by atoms with Crippen molar-refractivity contribution in [3.05, 3.63) is 62.9 Å². The van der Waals surface area contributed by atoms with Crippen LogP contribution in [-0.4, -0.2) is 9.13 Å². The molecule has 2 rings (SSSR count). The summed E-state index contributed by atoms with van der Waals surface area (Å²) >= 11 is 0. The molecule has 0 spiro atoms. The lowest BCUT2D eigenvalue weighted by Gasteiger charge is -2.14. The van der Waals surface area contributed by atoms with Crippen molar-refractivity contribution in [3.63, 3.8) is 0 Å². The molecule has 1 aromatic heterocycles. The molecule has 1 aromatic carbocycles. The third kappa shape index (κ3) is 2.31. The number of halogens is 3. The van der Waals surface area contributed by atoms with Gasteiger partial charge in [0.1, 0.15) is 0 Å². The SMILES string of the molecule is Cn1c(=O)ccn(-c2ccccc2C(F)(F)F)c1=O. The van der Waals surface area contributed by atoms with Gasteiger partial charge in [0.2, 0.25) is 0 Å². The topological polar surface area (TPSA) is 44.0 Å². The average molecular weight is 270 g/mol. The molecule has 0 bridgehead atoms. The van der Waals surface area contributed by atoms with Crippen molar-refractivity contribution in [3.8, 4) is 5.69 Å². The Balaban J connectivity index is 2.78. The van der Waals surface area contributed by atoms with Crippen molar-refractivity contribution in [2.75, 3.05) is 0 Å². The molecule has 100 valence electrons. The lowest BCUT2D eigenvalue weighted by molar-refractivity contribution is -0.137. The van der Waals surface area contributed by atoms with E-state index < -0.39 is 23.0 Å². The first kappa shape index (κ1) is 13.1. The first-order valence-electron chi connectivity index (χ1n) is 5.27. The highest BCUT2D eigenvalue weighted by atomic mass is 19.4. The Kier molecular flexibility index (Phi) is 3.05. The summed E-state index contributed by atoms with van der Waals surface area (Å²) in [6.45, 7) is 0. The van der Waals surface area contributed by atoms with Crippen LogP contribution >= 0.6 is 0 Å². The van der Waals surface area contributed by atoms with Crippen molar-refractivity contribution < 1.29 is 13.2 Å². The maximum Gasteiger partial charge on any atom is 0.418 e. The number of para-hydroxylation sites is 1. The van der Waals surface area contributed by atoms with E-state index in [9.17, 15) is 22.8 Å². The van der Waals surface area contributed by atoms with E-state index in [1.54, 1.807) is 0 Å². The molecule has 0 saturated heterocycles. The van der Waals surface area contributed by atoms with Crippen LogP contribution in [0, 0.1) is 0 Å². The van der Waals surface area contributed by atoms with E-state index in [0.29, 0.717) is 0 Å². The van der Waals surface area contributed by atoms with Crippen molar-refractivity contribution in [2.45, 2.75) is 6.18 Å². The molecule has 1 heterocycles. The highest BCUT2D eigenvalue weighted by Gasteiger charge is 2.33. The maximum absolute atomic E-state index is 12.9. The van der Waals surface area contributed by atoms with Gasteiger partial charge in [-0.2, -0.15) is 13.2 Å². The number of rotatable bonds is 1. The van der Waals surface area contributed by atoms with Gasteiger partial charge in [-0.05, 0) is 12.1 Å². The molecule has 0 fully saturated rings. The molecule has 0 aliphatic carbocycles. The highest BCUT2D eigenvalue weighted by Crippen LogP contribution is 2.32. The van der Waals surface area contributed by atoms with Crippen LogP contribution < -0.4 is 11.2 Å². The first-order valence-corrected chi connectivity index (χ1v) is 5.27. The van der Waals surface area contributed by atoms with Crippen LogP contribution in [0.25, 0.3) is 5.69 Å². The summed E-state index contributed by atoms with van der Waals surface area (Å²) in [7, 11) is 1.21. The Morgan fingerprint density at radius 1 is 1.05 bits per heavy atom. The monoisotopic (exact) mass is 270 g/mol. The molecule has 0 aliphatic rings. The predicted octanol–water partition coefficient (Wildman–Crippen LogP) is 1.56. The summed E-state index contributed by atoms with van der Waals surface area (Å²) in [6.07, 6.45) is -3.54. The molecule has 4 nitrogen and oxygen atoms in total. The number of alkyl halides is 3. The van der Waals surface area contributed by atoms with Gasteiger partial charge in [-0.15, -0.1) is 0 Å². The van der Waals surface area contributed by atoms with Crippen molar-refractivity contribution in [1.29, 1.82) is 0 Å². The molecular weight excluding hydrogens is 261 g/mol. The van der Waals surface area contributed by atoms with Crippen LogP contribution in [0.4, 0.5) is 13.2 Å². The smallest absolute Gasteiger partial charge is 0.269 e. The summed E-state index contributed by atoms with van der Waals surface area (Å²) in [5.41, 5.74) is -2.65. The molecule has 7 heteroatoms. The van der Waals surface area contributed by atoms with Crippen molar-refractivity contribution >= 4 is 0 Å². The van der Waals surface area contributed by atoms with E-state index in [1.807, 2.05) is 0 Å². The van der Waals surface area contributed by atoms with Crippen molar-refractivity contribution in [2.24, 2.45) is 7.05 Å². The Hall–Kier alpha value is -2.31. The Bertz CT molecular complexity index is 729. The molecule has 0 saturated carbocycles. The van der Waals surface area contributed by atoms with Gasteiger partial charge < -0.3 is 0 Å². The van der Waals surface area contributed by atoms with Gasteiger partial charge in [0.25, 0.3) is 5.56 Å². The minimum absolute atomic E-state index is 0.310. The van der Waals surface area contributed by atoms with Gasteiger partial charge in [-0.3, -0.25) is 13.9 Å². The fourth-order valence-electron chi connectivity index (χ4n) is 1.68. The Morgan fingerprint density at radius 2 is 1.68 bits per heavy atom. The quantitative estimate of drug-likeness (QED) is 0.789. The molecule has 19 heavy (non-hydrogen) atoms. The second-order valence-electron chi connectivity index (χ2n) is 3.88. The third-order valence-electron chi connectivity index (χ3n) is 2.66. The van der Waals surface area contributed by atoms with E-state index >= 15 is 0 Å². The van der Waals surface area contributed by atoms with Gasteiger partial charge in [0.05, 0.1) is 11.3 Å². The van der Waals surface area contributed by atoms with Crippen LogP contribution in [-0.2, 0) is 13.2 Å². The molecule has 0 aliphatic heterocycles. The number of benzene rings is 1. The second-order valence-corrected chi connectivity index (χ2v) is 3.88. The van der Waals surface area contributed by atoms with Crippen LogP contribution in [0.5, 0.6) is 0 Å². The van der Waals surface area contributed by atoms with Gasteiger partial charge in [-0.1, -0.05) is 12.1 Å². The summed E-state index contributed by atoms with van der Waals surface area (Å²) < 4.78 is 40.1. The van der Waals surface area contributed by atoms with Crippen LogP contribution in [0.2, 0.25) is 0 Å². The standard InChI is InChI=1S/C12H9F3N2O2/c1-16-10(18)6-7-17(11(16)19)9-5-3-2-4-8(9)12(13,14)15/h2-7H,1H3. The Labute approximate surface area is 105 Å². The summed E-state index contributed by atoms with van der Waals surface area (Å²) in [6, 6.07) is 5.72. The van der Waals surface area contributed by atoms with E-state index in [1.165, 1.54) is 25.2 Å². The normalized spacial score (nSPS) is 11.6. The highest BCUT2D eigenvalue weighted by molar-refractivity contribution is 5.42. The van der Waals surface area contributed by atoms with E-state index in [-0.39, 0.29) is 5.69 Å². The number of hydrogen-bond acceptors (Lipinski definition) is 2. The zero-order chi connectivity index (χ0) is 14.2. The maximum atomic E-state index is 12.9. The van der Waals surface area contributed by atoms with Crippen LogP contribution in [0.15, 0.2) is 46.1 Å². The molecule has 0 unspecified atom stereocenters. The average Bonchev–Trinajstić information content (AvgIpc) is 2.35. The zero-order valence-electron chi connectivity index (χ0n) is 9.81. The van der Waals surface area contributed by atoms with Gasteiger partial charge in [-0.25, -0.2) is 4.79 Å². The second kappa shape index (κ2) is 4.42. The molecule has 0 amide bonds. The largest absolute Gasteiger partial charge is 0.418 e. The fourth-order valence-corrected chi connectivity index (χ4v) is 1.68. The predicted molar refractivity (Wildman–Crippen MR) is 62.3 cm³/mol. The minimum Gasteiger partial charge on any atom is -0.269 e. The minimum atomic E-state index is -4.58. The van der Waals surface area contributed by atoms with Crippen molar-refractivity contribution in [1.82, 2.24) is 9.13 Å². The number of hydrogen-bond donors (Lipinski definition) is 0. The third-order valence-corrected chi connectivity index (χ3v) is 2.66. The summed E-state index contributed by atoms with van der Waals surface area (Å²) in [5, 5.41) is 0. The molecule has 0 atom stereocenters. The first-order chi connectivity index (χ1) is 8.82.